The van der Waals surface area contributed by atoms with E-state index in [1.807, 2.05) is 20.8 Å². The van der Waals surface area contributed by atoms with E-state index in [2.05, 4.69) is 4.90 Å². The van der Waals surface area contributed by atoms with Crippen LogP contribution in [0.4, 0.5) is 4.79 Å². The monoisotopic (exact) mass is 298 g/mol. The van der Waals surface area contributed by atoms with Crippen LogP contribution in [-0.2, 0) is 14.3 Å². The van der Waals surface area contributed by atoms with Gasteiger partial charge in [-0.1, -0.05) is 6.08 Å². The van der Waals surface area contributed by atoms with Crippen LogP contribution in [0.2, 0.25) is 0 Å². The largest absolute Gasteiger partial charge is 0.463 e. The van der Waals surface area contributed by atoms with Gasteiger partial charge in [0, 0.05) is 38.8 Å². The van der Waals surface area contributed by atoms with Crippen LogP contribution in [0, 0.1) is 0 Å². The van der Waals surface area contributed by atoms with Crippen molar-refractivity contribution in [2.45, 2.75) is 33.3 Å². The van der Waals surface area contributed by atoms with Gasteiger partial charge < -0.3 is 14.4 Å². The van der Waals surface area contributed by atoms with Crippen LogP contribution in [0.25, 0.3) is 0 Å². The second-order valence-corrected chi connectivity index (χ2v) is 5.92. The Bertz CT molecular complexity index is 380. The molecule has 0 bridgehead atoms. The molecule has 0 aromatic rings. The van der Waals surface area contributed by atoms with E-state index in [-0.39, 0.29) is 12.1 Å². The third-order valence-electron chi connectivity index (χ3n) is 2.93. The molecule has 0 saturated carbocycles. The highest BCUT2D eigenvalue weighted by atomic mass is 16.6. The Kier molecular flexibility index (Phi) is 6.68. The number of hydrogen-bond acceptors (Lipinski definition) is 5. The molecule has 0 unspecified atom stereocenters. The molecule has 0 atom stereocenters. The fraction of sp³-hybridized carbons (Fsp3) is 0.733. The Morgan fingerprint density at radius 2 is 1.76 bits per heavy atom. The van der Waals surface area contributed by atoms with E-state index in [4.69, 9.17) is 9.47 Å². The number of hydrogen-bond donors (Lipinski definition) is 0. The van der Waals surface area contributed by atoms with Crippen molar-refractivity contribution in [1.29, 1.82) is 0 Å². The van der Waals surface area contributed by atoms with Gasteiger partial charge in [0.1, 0.15) is 5.60 Å². The van der Waals surface area contributed by atoms with Gasteiger partial charge in [-0.25, -0.2) is 9.59 Å². The molecule has 1 aliphatic heterocycles. The number of nitrogens with zero attached hydrogens (tertiary/aromatic N) is 2. The maximum Gasteiger partial charge on any atom is 0.410 e. The topological polar surface area (TPSA) is 59.1 Å². The van der Waals surface area contributed by atoms with Gasteiger partial charge in [-0.05, 0) is 27.7 Å². The predicted octanol–water partition coefficient (Wildman–Crippen LogP) is 1.66. The van der Waals surface area contributed by atoms with Gasteiger partial charge in [0.25, 0.3) is 0 Å². The number of carbonyl (C=O) groups excluding carboxylic acids is 2. The molecule has 6 heteroatoms. The number of ether oxygens (including phenoxy) is 2. The van der Waals surface area contributed by atoms with Crippen molar-refractivity contribution < 1.29 is 19.1 Å². The fourth-order valence-corrected chi connectivity index (χ4v) is 1.93. The lowest BCUT2D eigenvalue weighted by atomic mass is 10.2. The van der Waals surface area contributed by atoms with Gasteiger partial charge >= 0.3 is 12.1 Å². The summed E-state index contributed by atoms with van der Waals surface area (Å²) in [5.41, 5.74) is -0.462. The summed E-state index contributed by atoms with van der Waals surface area (Å²) in [6, 6.07) is 0. The number of esters is 1. The average Bonchev–Trinajstić information content (AvgIpc) is 2.38. The minimum absolute atomic E-state index is 0.260. The van der Waals surface area contributed by atoms with Crippen molar-refractivity contribution in [1.82, 2.24) is 9.80 Å². The van der Waals surface area contributed by atoms with Crippen LogP contribution in [0.5, 0.6) is 0 Å². The second-order valence-electron chi connectivity index (χ2n) is 5.92. The molecule has 21 heavy (non-hydrogen) atoms. The molecule has 1 aliphatic rings. The third-order valence-corrected chi connectivity index (χ3v) is 2.93. The van der Waals surface area contributed by atoms with Crippen LogP contribution in [0.1, 0.15) is 27.7 Å². The summed E-state index contributed by atoms with van der Waals surface area (Å²) in [6.07, 6.45) is 2.98. The molecule has 0 aromatic heterocycles. The highest BCUT2D eigenvalue weighted by Crippen LogP contribution is 2.11. The highest BCUT2D eigenvalue weighted by Gasteiger charge is 2.25. The summed E-state index contributed by atoms with van der Waals surface area (Å²) in [4.78, 5) is 27.0. The van der Waals surface area contributed by atoms with Crippen molar-refractivity contribution in [2.75, 3.05) is 39.3 Å². The molecule has 6 nitrogen and oxygen atoms in total. The number of amides is 1. The van der Waals surface area contributed by atoms with E-state index in [9.17, 15) is 9.59 Å². The Morgan fingerprint density at radius 3 is 2.29 bits per heavy atom. The SMILES string of the molecule is CCOC(=O)C=CCN1CCN(C(=O)OC(C)(C)C)CC1. The zero-order valence-electron chi connectivity index (χ0n) is 13.4. The van der Waals surface area contributed by atoms with Gasteiger partial charge in [0.15, 0.2) is 0 Å². The Morgan fingerprint density at radius 1 is 1.14 bits per heavy atom. The lowest BCUT2D eigenvalue weighted by Gasteiger charge is -2.35. The zero-order chi connectivity index (χ0) is 15.9. The molecule has 1 amide bonds. The smallest absolute Gasteiger partial charge is 0.410 e. The molecule has 0 radical (unpaired) electrons. The van der Waals surface area contributed by atoms with Gasteiger partial charge in [0.05, 0.1) is 6.61 Å². The normalized spacial score (nSPS) is 17.0. The summed E-state index contributed by atoms with van der Waals surface area (Å²) < 4.78 is 10.2. The van der Waals surface area contributed by atoms with Crippen molar-refractivity contribution >= 4 is 12.1 Å². The first kappa shape index (κ1) is 17.5. The lowest BCUT2D eigenvalue weighted by molar-refractivity contribution is -0.137. The van der Waals surface area contributed by atoms with E-state index in [0.29, 0.717) is 26.2 Å². The van der Waals surface area contributed by atoms with Gasteiger partial charge in [-0.15, -0.1) is 0 Å². The second kappa shape index (κ2) is 8.02. The summed E-state index contributed by atoms with van der Waals surface area (Å²) in [5, 5.41) is 0. The first-order valence-corrected chi connectivity index (χ1v) is 7.35. The standard InChI is InChI=1S/C15H26N2O4/c1-5-20-13(18)7-6-8-16-9-11-17(12-10-16)14(19)21-15(2,3)4/h6-7H,5,8-12H2,1-4H3. The molecule has 0 N–H and O–H groups in total. The molecular formula is C15H26N2O4. The molecular weight excluding hydrogens is 272 g/mol. The Hall–Kier alpha value is -1.56. The van der Waals surface area contributed by atoms with E-state index >= 15 is 0 Å². The van der Waals surface area contributed by atoms with Gasteiger partial charge in [-0.3, -0.25) is 4.90 Å². The van der Waals surface area contributed by atoms with Crippen molar-refractivity contribution in [2.24, 2.45) is 0 Å². The predicted molar refractivity (Wildman–Crippen MR) is 80.0 cm³/mol. The number of carbonyl (C=O) groups is 2. The minimum Gasteiger partial charge on any atom is -0.463 e. The molecule has 0 aromatic carbocycles. The summed E-state index contributed by atoms with van der Waals surface area (Å²) in [6.45, 7) is 11.3. The zero-order valence-corrected chi connectivity index (χ0v) is 13.4. The van der Waals surface area contributed by atoms with E-state index in [0.717, 1.165) is 13.1 Å². The molecule has 0 aliphatic carbocycles. The Labute approximate surface area is 126 Å². The van der Waals surface area contributed by atoms with Gasteiger partial charge in [0.2, 0.25) is 0 Å². The van der Waals surface area contributed by atoms with E-state index in [1.165, 1.54) is 6.08 Å². The highest BCUT2D eigenvalue weighted by molar-refractivity contribution is 5.81. The van der Waals surface area contributed by atoms with Crippen LogP contribution < -0.4 is 0 Å². The van der Waals surface area contributed by atoms with Crippen LogP contribution >= 0.6 is 0 Å². The van der Waals surface area contributed by atoms with E-state index in [1.54, 1.807) is 17.9 Å². The lowest BCUT2D eigenvalue weighted by Crippen LogP contribution is -2.49. The molecule has 0 spiro atoms. The summed E-state index contributed by atoms with van der Waals surface area (Å²) in [7, 11) is 0. The van der Waals surface area contributed by atoms with Crippen LogP contribution in [0.15, 0.2) is 12.2 Å². The maximum atomic E-state index is 11.9. The molecule has 120 valence electrons. The van der Waals surface area contributed by atoms with Gasteiger partial charge in [-0.2, -0.15) is 0 Å². The average molecular weight is 298 g/mol. The number of piperazine rings is 1. The van der Waals surface area contributed by atoms with Crippen LogP contribution in [0.3, 0.4) is 0 Å². The van der Waals surface area contributed by atoms with Crippen LogP contribution in [-0.4, -0.2) is 66.8 Å². The maximum absolute atomic E-state index is 11.9. The van der Waals surface area contributed by atoms with Crippen molar-refractivity contribution in [3.05, 3.63) is 12.2 Å². The first-order chi connectivity index (χ1) is 9.81. The summed E-state index contributed by atoms with van der Waals surface area (Å²) >= 11 is 0. The van der Waals surface area contributed by atoms with Crippen molar-refractivity contribution in [3.8, 4) is 0 Å². The number of rotatable bonds is 4. The Balaban J connectivity index is 2.29. The van der Waals surface area contributed by atoms with Crippen molar-refractivity contribution in [3.63, 3.8) is 0 Å². The molecule has 1 saturated heterocycles. The minimum atomic E-state index is -0.462. The first-order valence-electron chi connectivity index (χ1n) is 7.35. The molecule has 1 rings (SSSR count). The molecule has 1 fully saturated rings. The van der Waals surface area contributed by atoms with E-state index < -0.39 is 5.60 Å². The third kappa shape index (κ3) is 7.13. The fourth-order valence-electron chi connectivity index (χ4n) is 1.93. The molecule has 1 heterocycles. The quantitative estimate of drug-likeness (QED) is 0.583. The summed E-state index contributed by atoms with van der Waals surface area (Å²) in [5.74, 6) is -0.315.